The van der Waals surface area contributed by atoms with E-state index in [0.29, 0.717) is 12.5 Å². The lowest BCUT2D eigenvalue weighted by molar-refractivity contribution is -0.127. The van der Waals surface area contributed by atoms with Crippen LogP contribution in [0.15, 0.2) is 35.3 Å². The molecule has 0 radical (unpaired) electrons. The van der Waals surface area contributed by atoms with Crippen molar-refractivity contribution in [1.82, 2.24) is 15.5 Å². The molecule has 1 aromatic carbocycles. The van der Waals surface area contributed by atoms with Crippen LogP contribution in [0.1, 0.15) is 25.5 Å². The zero-order valence-electron chi connectivity index (χ0n) is 16.5. The molecular weight excluding hydrogens is 332 g/mol. The fourth-order valence-corrected chi connectivity index (χ4v) is 2.14. The van der Waals surface area contributed by atoms with Crippen LogP contribution in [-0.2, 0) is 4.79 Å². The smallest absolute Gasteiger partial charge is 0.243 e. The molecule has 1 aromatic rings. The Morgan fingerprint density at radius 1 is 1.31 bits per heavy atom. The van der Waals surface area contributed by atoms with E-state index in [2.05, 4.69) is 22.2 Å². The van der Waals surface area contributed by atoms with Crippen LogP contribution < -0.4 is 20.1 Å². The number of likely N-dealkylation sites (N-methyl/N-ethyl adjacent to an activating group) is 1. The van der Waals surface area contributed by atoms with Crippen molar-refractivity contribution in [2.24, 2.45) is 4.99 Å². The molecule has 0 saturated carbocycles. The number of nitrogens with zero attached hydrogens (tertiary/aromatic N) is 2. The molecule has 2 N–H and O–H groups in total. The van der Waals surface area contributed by atoms with E-state index in [-0.39, 0.29) is 18.5 Å². The van der Waals surface area contributed by atoms with Gasteiger partial charge in [-0.05, 0) is 32.0 Å². The summed E-state index contributed by atoms with van der Waals surface area (Å²) in [5.74, 6) is 1.94. The Bertz CT molecular complexity index is 656. The number of guanidine groups is 1. The lowest BCUT2D eigenvalue weighted by Gasteiger charge is -2.21. The summed E-state index contributed by atoms with van der Waals surface area (Å²) >= 11 is 0. The highest BCUT2D eigenvalue weighted by Gasteiger charge is 2.15. The Morgan fingerprint density at radius 3 is 2.54 bits per heavy atom. The average Bonchev–Trinajstić information content (AvgIpc) is 2.62. The predicted octanol–water partition coefficient (Wildman–Crippen LogP) is 1.96. The fourth-order valence-electron chi connectivity index (χ4n) is 2.14. The number of carbonyl (C=O) groups is 1. The summed E-state index contributed by atoms with van der Waals surface area (Å²) in [5.41, 5.74) is 1.89. The van der Waals surface area contributed by atoms with Gasteiger partial charge in [-0.15, -0.1) is 0 Å². The lowest BCUT2D eigenvalue weighted by Crippen LogP contribution is -2.40. The molecule has 1 atom stereocenters. The number of aliphatic imine (C=N–C) groups is 1. The molecule has 144 valence electrons. The van der Waals surface area contributed by atoms with Crippen molar-refractivity contribution in [3.8, 4) is 11.5 Å². The van der Waals surface area contributed by atoms with Crippen molar-refractivity contribution in [2.45, 2.75) is 19.9 Å². The van der Waals surface area contributed by atoms with Crippen LogP contribution in [0.3, 0.4) is 0 Å². The van der Waals surface area contributed by atoms with Crippen molar-refractivity contribution in [2.75, 3.05) is 41.4 Å². The summed E-state index contributed by atoms with van der Waals surface area (Å²) in [6.07, 6.45) is 0. The minimum absolute atomic E-state index is 0.0560. The second-order valence-electron chi connectivity index (χ2n) is 6.24. The zero-order chi connectivity index (χ0) is 19.7. The van der Waals surface area contributed by atoms with Gasteiger partial charge in [-0.3, -0.25) is 4.79 Å². The molecule has 0 fully saturated rings. The molecule has 1 rings (SSSR count). The van der Waals surface area contributed by atoms with Crippen LogP contribution in [0.25, 0.3) is 0 Å². The summed E-state index contributed by atoms with van der Waals surface area (Å²) in [4.78, 5) is 17.7. The van der Waals surface area contributed by atoms with E-state index >= 15 is 0 Å². The molecule has 0 spiro atoms. The molecule has 0 bridgehead atoms. The number of hydrogen-bond acceptors (Lipinski definition) is 4. The van der Waals surface area contributed by atoms with Gasteiger partial charge in [-0.2, -0.15) is 0 Å². The highest BCUT2D eigenvalue weighted by molar-refractivity contribution is 5.85. The van der Waals surface area contributed by atoms with Crippen LogP contribution in [0, 0.1) is 0 Å². The monoisotopic (exact) mass is 362 g/mol. The summed E-state index contributed by atoms with van der Waals surface area (Å²) in [6.45, 7) is 8.41. The van der Waals surface area contributed by atoms with Crippen molar-refractivity contribution in [3.63, 3.8) is 0 Å². The van der Waals surface area contributed by atoms with E-state index < -0.39 is 0 Å². The number of nitrogens with one attached hydrogen (secondary N) is 2. The van der Waals surface area contributed by atoms with E-state index in [0.717, 1.165) is 22.6 Å². The van der Waals surface area contributed by atoms with Crippen molar-refractivity contribution in [3.05, 3.63) is 35.9 Å². The number of rotatable bonds is 8. The molecule has 1 unspecified atom stereocenters. The first-order valence-corrected chi connectivity index (χ1v) is 8.39. The molecule has 0 aliphatic carbocycles. The van der Waals surface area contributed by atoms with E-state index in [1.54, 1.807) is 28.3 Å². The molecule has 26 heavy (non-hydrogen) atoms. The maximum atomic E-state index is 11.8. The standard InChI is InChI=1S/C19H30N4O3/c1-13(2)11-20-19(21-12-18(24)23(4)5)22-14(3)16-10-15(25-6)8-9-17(16)26-7/h8-10,14H,1,11-12H2,2-7H3,(H2,20,21,22). The summed E-state index contributed by atoms with van der Waals surface area (Å²) < 4.78 is 10.7. The van der Waals surface area contributed by atoms with Gasteiger partial charge in [0.1, 0.15) is 18.0 Å². The molecular formula is C19H30N4O3. The van der Waals surface area contributed by atoms with E-state index in [9.17, 15) is 4.79 Å². The van der Waals surface area contributed by atoms with Crippen LogP contribution in [-0.4, -0.2) is 58.2 Å². The van der Waals surface area contributed by atoms with Gasteiger partial charge in [0.05, 0.1) is 20.3 Å². The van der Waals surface area contributed by atoms with Gasteiger partial charge in [-0.25, -0.2) is 4.99 Å². The second-order valence-corrected chi connectivity index (χ2v) is 6.24. The molecule has 0 aliphatic rings. The quantitative estimate of drug-likeness (QED) is 0.420. The molecule has 0 saturated heterocycles. The van der Waals surface area contributed by atoms with Crippen LogP contribution >= 0.6 is 0 Å². The van der Waals surface area contributed by atoms with Gasteiger partial charge in [0.2, 0.25) is 5.91 Å². The van der Waals surface area contributed by atoms with Gasteiger partial charge in [0.15, 0.2) is 5.96 Å². The predicted molar refractivity (Wildman–Crippen MR) is 105 cm³/mol. The van der Waals surface area contributed by atoms with Gasteiger partial charge in [0.25, 0.3) is 0 Å². The largest absolute Gasteiger partial charge is 0.497 e. The van der Waals surface area contributed by atoms with E-state index in [1.807, 2.05) is 32.0 Å². The highest BCUT2D eigenvalue weighted by Crippen LogP contribution is 2.29. The average molecular weight is 362 g/mol. The van der Waals surface area contributed by atoms with Crippen molar-refractivity contribution >= 4 is 11.9 Å². The topological polar surface area (TPSA) is 75.2 Å². The molecule has 0 aliphatic heterocycles. The first-order valence-electron chi connectivity index (χ1n) is 8.39. The SMILES string of the molecule is C=C(C)CNC(=NCC(=O)N(C)C)NC(C)c1cc(OC)ccc1OC. The Morgan fingerprint density at radius 2 is 2.00 bits per heavy atom. The third kappa shape index (κ3) is 6.66. The number of hydrogen-bond donors (Lipinski definition) is 2. The zero-order valence-corrected chi connectivity index (χ0v) is 16.5. The van der Waals surface area contributed by atoms with Gasteiger partial charge in [-0.1, -0.05) is 12.2 Å². The number of methoxy groups -OCH3 is 2. The van der Waals surface area contributed by atoms with Gasteiger partial charge in [0, 0.05) is 26.2 Å². The highest BCUT2D eigenvalue weighted by atomic mass is 16.5. The number of carbonyl (C=O) groups excluding carboxylic acids is 1. The minimum Gasteiger partial charge on any atom is -0.497 e. The normalized spacial score (nSPS) is 12.2. The third-order valence-electron chi connectivity index (χ3n) is 3.69. The Hall–Kier alpha value is -2.70. The van der Waals surface area contributed by atoms with Crippen molar-refractivity contribution in [1.29, 1.82) is 0 Å². The first kappa shape index (κ1) is 21.3. The van der Waals surface area contributed by atoms with Crippen LogP contribution in [0.5, 0.6) is 11.5 Å². The molecule has 0 aromatic heterocycles. The van der Waals surface area contributed by atoms with Crippen LogP contribution in [0.2, 0.25) is 0 Å². The first-order chi connectivity index (χ1) is 12.3. The second kappa shape index (κ2) is 10.3. The summed E-state index contributed by atoms with van der Waals surface area (Å²) in [7, 11) is 6.66. The molecule has 0 heterocycles. The molecule has 7 heteroatoms. The molecule has 1 amide bonds. The summed E-state index contributed by atoms with van der Waals surface area (Å²) in [5, 5.41) is 6.48. The maximum Gasteiger partial charge on any atom is 0.243 e. The third-order valence-corrected chi connectivity index (χ3v) is 3.69. The Kier molecular flexibility index (Phi) is 8.48. The van der Waals surface area contributed by atoms with Crippen molar-refractivity contribution < 1.29 is 14.3 Å². The van der Waals surface area contributed by atoms with Gasteiger partial charge >= 0.3 is 0 Å². The minimum atomic E-state index is -0.120. The Balaban J connectivity index is 2.99. The summed E-state index contributed by atoms with van der Waals surface area (Å²) in [6, 6.07) is 5.50. The van der Waals surface area contributed by atoms with E-state index in [4.69, 9.17) is 9.47 Å². The Labute approximate surface area is 156 Å². The number of benzene rings is 1. The number of ether oxygens (including phenoxy) is 2. The number of amides is 1. The lowest BCUT2D eigenvalue weighted by atomic mass is 10.1. The van der Waals surface area contributed by atoms with E-state index in [1.165, 1.54) is 4.90 Å². The maximum absolute atomic E-state index is 11.8. The van der Waals surface area contributed by atoms with Crippen LogP contribution in [0.4, 0.5) is 0 Å². The fraction of sp³-hybridized carbons (Fsp3) is 0.474. The molecule has 7 nitrogen and oxygen atoms in total. The van der Waals surface area contributed by atoms with Gasteiger partial charge < -0.3 is 25.0 Å².